The number of rotatable bonds is 5. The van der Waals surface area contributed by atoms with Gasteiger partial charge in [0.15, 0.2) is 0 Å². The van der Waals surface area contributed by atoms with Crippen LogP contribution in [0.2, 0.25) is 0 Å². The number of imide groups is 1. The Morgan fingerprint density at radius 1 is 1.16 bits per heavy atom. The molecule has 7 heteroatoms. The molecule has 1 aromatic rings. The molecular formula is C18H29FN4O2. The van der Waals surface area contributed by atoms with Gasteiger partial charge in [-0.05, 0) is 59.7 Å². The molecule has 0 radical (unpaired) electrons. The van der Waals surface area contributed by atoms with Gasteiger partial charge in [-0.1, -0.05) is 0 Å². The van der Waals surface area contributed by atoms with Crippen LogP contribution in [0.4, 0.5) is 20.6 Å². The smallest absolute Gasteiger partial charge is 0.321 e. The summed E-state index contributed by atoms with van der Waals surface area (Å²) in [7, 11) is 1.82. The third-order valence-corrected chi connectivity index (χ3v) is 3.60. The number of hydrogen-bond donors (Lipinski definition) is 3. The molecule has 0 saturated carbocycles. The summed E-state index contributed by atoms with van der Waals surface area (Å²) in [5.74, 6) is -0.871. The Morgan fingerprint density at radius 3 is 2.24 bits per heavy atom. The molecule has 6 nitrogen and oxygen atoms in total. The second-order valence-electron chi connectivity index (χ2n) is 7.43. The molecule has 25 heavy (non-hydrogen) atoms. The van der Waals surface area contributed by atoms with Crippen molar-refractivity contribution < 1.29 is 14.0 Å². The number of urea groups is 1. The molecule has 0 bridgehead atoms. The second-order valence-corrected chi connectivity index (χ2v) is 7.43. The monoisotopic (exact) mass is 352 g/mol. The molecule has 3 N–H and O–H groups in total. The molecular weight excluding hydrogens is 323 g/mol. The minimum atomic E-state index is -0.696. The van der Waals surface area contributed by atoms with E-state index in [0.717, 1.165) is 0 Å². The molecule has 0 aliphatic heterocycles. The molecule has 0 aliphatic carbocycles. The van der Waals surface area contributed by atoms with Crippen molar-refractivity contribution in [3.63, 3.8) is 0 Å². The number of hydrogen-bond acceptors (Lipinski definition) is 4. The van der Waals surface area contributed by atoms with Gasteiger partial charge in [0.1, 0.15) is 11.9 Å². The second kappa shape index (κ2) is 8.18. The zero-order valence-corrected chi connectivity index (χ0v) is 16.0. The molecule has 0 spiro atoms. The van der Waals surface area contributed by atoms with Gasteiger partial charge in [0, 0.05) is 24.3 Å². The zero-order valence-electron chi connectivity index (χ0n) is 16.0. The lowest BCUT2D eigenvalue weighted by atomic mass is 10.1. The van der Waals surface area contributed by atoms with E-state index in [-0.39, 0.29) is 11.9 Å². The van der Waals surface area contributed by atoms with E-state index in [9.17, 15) is 14.0 Å². The summed E-state index contributed by atoms with van der Waals surface area (Å²) in [5.41, 5.74) is 0.516. The predicted molar refractivity (Wildman–Crippen MR) is 99.5 cm³/mol. The average Bonchev–Trinajstić information content (AvgIpc) is 2.44. The van der Waals surface area contributed by atoms with Crippen molar-refractivity contribution in [2.24, 2.45) is 0 Å². The third-order valence-electron chi connectivity index (χ3n) is 3.60. The van der Waals surface area contributed by atoms with Crippen LogP contribution >= 0.6 is 0 Å². The van der Waals surface area contributed by atoms with Crippen LogP contribution in [0.5, 0.6) is 0 Å². The van der Waals surface area contributed by atoms with Crippen LogP contribution in [0.3, 0.4) is 0 Å². The highest BCUT2D eigenvalue weighted by atomic mass is 19.1. The van der Waals surface area contributed by atoms with Gasteiger partial charge in [-0.15, -0.1) is 0 Å². The van der Waals surface area contributed by atoms with Gasteiger partial charge in [0.2, 0.25) is 5.91 Å². The van der Waals surface area contributed by atoms with Crippen molar-refractivity contribution in [3.05, 3.63) is 24.0 Å². The van der Waals surface area contributed by atoms with Crippen LogP contribution in [0.1, 0.15) is 41.5 Å². The first-order valence-corrected chi connectivity index (χ1v) is 8.32. The summed E-state index contributed by atoms with van der Waals surface area (Å²) >= 11 is 0. The lowest BCUT2D eigenvalue weighted by Gasteiger charge is -2.25. The van der Waals surface area contributed by atoms with Gasteiger partial charge >= 0.3 is 6.03 Å². The van der Waals surface area contributed by atoms with E-state index in [0.29, 0.717) is 11.4 Å². The number of anilines is 2. The van der Waals surface area contributed by atoms with Crippen LogP contribution in [-0.4, -0.2) is 36.6 Å². The van der Waals surface area contributed by atoms with Gasteiger partial charge in [0.05, 0.1) is 5.69 Å². The van der Waals surface area contributed by atoms with Gasteiger partial charge < -0.3 is 15.5 Å². The highest BCUT2D eigenvalue weighted by Gasteiger charge is 2.20. The van der Waals surface area contributed by atoms with E-state index in [2.05, 4.69) is 16.0 Å². The van der Waals surface area contributed by atoms with Crippen molar-refractivity contribution in [1.29, 1.82) is 0 Å². The summed E-state index contributed by atoms with van der Waals surface area (Å²) < 4.78 is 14.3. The van der Waals surface area contributed by atoms with Crippen LogP contribution in [0.25, 0.3) is 0 Å². The Balaban J connectivity index is 2.71. The molecule has 0 fully saturated rings. The topological polar surface area (TPSA) is 73.5 Å². The molecule has 0 heterocycles. The predicted octanol–water partition coefficient (Wildman–Crippen LogP) is 3.10. The highest BCUT2D eigenvalue weighted by Crippen LogP contribution is 2.23. The first kappa shape index (κ1) is 20.7. The Kier molecular flexibility index (Phi) is 6.78. The number of halogens is 1. The number of amides is 3. The lowest BCUT2D eigenvalue weighted by Crippen LogP contribution is -2.51. The summed E-state index contributed by atoms with van der Waals surface area (Å²) in [6.07, 6.45) is 0. The van der Waals surface area contributed by atoms with Crippen LogP contribution in [-0.2, 0) is 4.79 Å². The van der Waals surface area contributed by atoms with Crippen molar-refractivity contribution in [1.82, 2.24) is 10.6 Å². The Morgan fingerprint density at radius 2 is 1.76 bits per heavy atom. The highest BCUT2D eigenvalue weighted by molar-refractivity contribution is 5.98. The van der Waals surface area contributed by atoms with Gasteiger partial charge in [0.25, 0.3) is 0 Å². The molecule has 1 rings (SSSR count). The Labute approximate surface area is 149 Å². The fourth-order valence-corrected chi connectivity index (χ4v) is 2.07. The summed E-state index contributed by atoms with van der Waals surface area (Å²) in [6, 6.07) is 3.61. The number of carbonyl (C=O) groups excluding carboxylic acids is 2. The SMILES string of the molecule is CC(Nc1ccc(N(C)C(C)C)c(F)c1)C(=O)NC(=O)NC(C)(C)C. The lowest BCUT2D eigenvalue weighted by molar-refractivity contribution is -0.120. The van der Waals surface area contributed by atoms with E-state index in [1.54, 1.807) is 19.1 Å². The van der Waals surface area contributed by atoms with Crippen molar-refractivity contribution in [3.8, 4) is 0 Å². The molecule has 140 valence electrons. The van der Waals surface area contributed by atoms with Crippen LogP contribution in [0.15, 0.2) is 18.2 Å². The first-order valence-electron chi connectivity index (χ1n) is 8.32. The summed E-state index contributed by atoms with van der Waals surface area (Å²) in [6.45, 7) is 11.0. The maximum atomic E-state index is 14.3. The molecule has 0 saturated heterocycles. The molecule has 1 atom stereocenters. The van der Waals surface area contributed by atoms with E-state index in [1.807, 2.05) is 46.6 Å². The molecule has 1 unspecified atom stereocenters. The third kappa shape index (κ3) is 6.60. The maximum Gasteiger partial charge on any atom is 0.321 e. The van der Waals surface area contributed by atoms with E-state index in [4.69, 9.17) is 0 Å². The quantitative estimate of drug-likeness (QED) is 0.761. The summed E-state index contributed by atoms with van der Waals surface area (Å²) in [4.78, 5) is 25.6. The zero-order chi connectivity index (χ0) is 19.4. The van der Waals surface area contributed by atoms with Gasteiger partial charge in [-0.25, -0.2) is 9.18 Å². The Bertz CT molecular complexity index is 626. The molecule has 1 aromatic carbocycles. The minimum Gasteiger partial charge on any atom is -0.374 e. The van der Waals surface area contributed by atoms with E-state index >= 15 is 0 Å². The van der Waals surface area contributed by atoms with Gasteiger partial charge in [-0.3, -0.25) is 10.1 Å². The summed E-state index contributed by atoms with van der Waals surface area (Å²) in [5, 5.41) is 7.80. The van der Waals surface area contributed by atoms with Gasteiger partial charge in [-0.2, -0.15) is 0 Å². The van der Waals surface area contributed by atoms with Crippen molar-refractivity contribution >= 4 is 23.3 Å². The number of carbonyl (C=O) groups is 2. The number of nitrogens with one attached hydrogen (secondary N) is 3. The van der Waals surface area contributed by atoms with E-state index in [1.165, 1.54) is 6.07 Å². The fraction of sp³-hybridized carbons (Fsp3) is 0.556. The average molecular weight is 352 g/mol. The van der Waals surface area contributed by atoms with Crippen LogP contribution in [0, 0.1) is 5.82 Å². The first-order chi connectivity index (χ1) is 11.4. The molecule has 0 aliphatic rings. The number of benzene rings is 1. The minimum absolute atomic E-state index is 0.166. The standard InChI is InChI=1S/C18H29FN4O2/c1-11(2)23(7)15-9-8-13(10-14(15)19)20-12(3)16(24)21-17(25)22-18(4,5)6/h8-12,20H,1-7H3,(H2,21,22,24,25). The molecule has 0 aromatic heterocycles. The number of nitrogens with zero attached hydrogens (tertiary/aromatic N) is 1. The van der Waals surface area contributed by atoms with Crippen molar-refractivity contribution in [2.75, 3.05) is 17.3 Å². The fourth-order valence-electron chi connectivity index (χ4n) is 2.07. The molecule has 3 amide bonds. The maximum absolute atomic E-state index is 14.3. The Hall–Kier alpha value is -2.31. The normalized spacial score (nSPS) is 12.5. The van der Waals surface area contributed by atoms with Crippen LogP contribution < -0.4 is 20.9 Å². The van der Waals surface area contributed by atoms with E-state index < -0.39 is 23.5 Å². The van der Waals surface area contributed by atoms with Crippen molar-refractivity contribution in [2.45, 2.75) is 59.2 Å². The largest absolute Gasteiger partial charge is 0.374 e.